The molecule has 3 aromatic rings. The lowest BCUT2D eigenvalue weighted by molar-refractivity contribution is 0.0688. The van der Waals surface area contributed by atoms with Gasteiger partial charge in [-0.3, -0.25) is 0 Å². The lowest BCUT2D eigenvalue weighted by Gasteiger charge is -2.02. The fourth-order valence-corrected chi connectivity index (χ4v) is 2.29. The van der Waals surface area contributed by atoms with Gasteiger partial charge in [-0.2, -0.15) is 5.10 Å². The van der Waals surface area contributed by atoms with Crippen molar-refractivity contribution >= 4 is 23.1 Å². The zero-order valence-electron chi connectivity index (χ0n) is 9.36. The summed E-state index contributed by atoms with van der Waals surface area (Å²) in [5.41, 5.74) is 2.18. The minimum absolute atomic E-state index is 0.0551. The summed E-state index contributed by atoms with van der Waals surface area (Å²) in [7, 11) is 0. The van der Waals surface area contributed by atoms with Crippen LogP contribution in [0.5, 0.6) is 0 Å². The van der Waals surface area contributed by atoms with Crippen LogP contribution in [-0.4, -0.2) is 30.0 Å². The number of aromatic nitrogens is 4. The number of carboxylic acids is 1. The summed E-state index contributed by atoms with van der Waals surface area (Å²) in [6.07, 6.45) is 3.00. The van der Waals surface area contributed by atoms with Gasteiger partial charge in [0.25, 0.3) is 0 Å². The number of hydrogen-bond donors (Lipinski definition) is 1. The zero-order valence-corrected chi connectivity index (χ0v) is 10.2. The highest BCUT2D eigenvalue weighted by Crippen LogP contribution is 2.23. The van der Waals surface area contributed by atoms with Crippen molar-refractivity contribution in [3.05, 3.63) is 35.8 Å². The van der Waals surface area contributed by atoms with Gasteiger partial charge in [0.15, 0.2) is 11.3 Å². The van der Waals surface area contributed by atoms with E-state index in [9.17, 15) is 4.79 Å². The van der Waals surface area contributed by atoms with E-state index in [1.807, 2.05) is 19.1 Å². The van der Waals surface area contributed by atoms with E-state index >= 15 is 0 Å². The summed E-state index contributed by atoms with van der Waals surface area (Å²) in [5.74, 6) is -1.05. The summed E-state index contributed by atoms with van der Waals surface area (Å²) < 4.78 is 5.37. The predicted octanol–water partition coefficient (Wildman–Crippen LogP) is 1.86. The topological polar surface area (TPSA) is 80.4 Å². The van der Waals surface area contributed by atoms with Crippen molar-refractivity contribution in [3.8, 4) is 10.6 Å². The molecule has 3 rings (SSSR count). The number of imidazole rings is 1. The summed E-state index contributed by atoms with van der Waals surface area (Å²) in [4.78, 5) is 16.0. The zero-order chi connectivity index (χ0) is 12.7. The quantitative estimate of drug-likeness (QED) is 0.760. The standard InChI is InChI=1S/C11H8N4O2S/c1-6-4-7(9-2-3-13-18-9)14-15-8(11(16)17)5-12-10(6)15/h2-5H,1H3,(H,16,17). The monoisotopic (exact) mass is 260 g/mol. The van der Waals surface area contributed by atoms with Gasteiger partial charge in [0.1, 0.15) is 5.69 Å². The second kappa shape index (κ2) is 3.88. The molecule has 0 unspecified atom stereocenters. The van der Waals surface area contributed by atoms with Gasteiger partial charge in [-0.15, -0.1) is 0 Å². The Morgan fingerprint density at radius 3 is 3.00 bits per heavy atom. The third-order valence-electron chi connectivity index (χ3n) is 2.56. The Balaban J connectivity index is 2.31. The van der Waals surface area contributed by atoms with Crippen LogP contribution < -0.4 is 0 Å². The third-order valence-corrected chi connectivity index (χ3v) is 3.33. The Hall–Kier alpha value is -2.28. The first-order chi connectivity index (χ1) is 8.66. The molecule has 0 amide bonds. The van der Waals surface area contributed by atoms with Crippen LogP contribution in [0.15, 0.2) is 24.5 Å². The molecule has 90 valence electrons. The smallest absolute Gasteiger partial charge is 0.356 e. The molecule has 0 radical (unpaired) electrons. The van der Waals surface area contributed by atoms with Gasteiger partial charge < -0.3 is 5.11 Å². The molecule has 3 heterocycles. The number of nitrogens with zero attached hydrogens (tertiary/aromatic N) is 4. The van der Waals surface area contributed by atoms with Crippen molar-refractivity contribution in [1.29, 1.82) is 0 Å². The van der Waals surface area contributed by atoms with Gasteiger partial charge in [-0.05, 0) is 36.2 Å². The van der Waals surface area contributed by atoms with E-state index in [4.69, 9.17) is 5.11 Å². The Kier molecular flexibility index (Phi) is 2.34. The lowest BCUT2D eigenvalue weighted by Crippen LogP contribution is -2.05. The highest BCUT2D eigenvalue weighted by molar-refractivity contribution is 7.09. The summed E-state index contributed by atoms with van der Waals surface area (Å²) >= 11 is 1.32. The van der Waals surface area contributed by atoms with Crippen LogP contribution in [-0.2, 0) is 0 Å². The van der Waals surface area contributed by atoms with Gasteiger partial charge in [-0.25, -0.2) is 18.7 Å². The normalized spacial score (nSPS) is 10.9. The van der Waals surface area contributed by atoms with Gasteiger partial charge in [0.2, 0.25) is 0 Å². The van der Waals surface area contributed by atoms with E-state index in [0.29, 0.717) is 11.3 Å². The van der Waals surface area contributed by atoms with E-state index in [2.05, 4.69) is 14.5 Å². The van der Waals surface area contributed by atoms with Gasteiger partial charge in [0, 0.05) is 6.20 Å². The molecule has 0 aliphatic carbocycles. The SMILES string of the molecule is Cc1cc(-c2ccns2)nn2c(C(=O)O)cnc12. The molecule has 0 fully saturated rings. The minimum Gasteiger partial charge on any atom is -0.476 e. The van der Waals surface area contributed by atoms with Crippen molar-refractivity contribution < 1.29 is 9.90 Å². The fraction of sp³-hybridized carbons (Fsp3) is 0.0909. The van der Waals surface area contributed by atoms with E-state index in [0.717, 1.165) is 10.4 Å². The lowest BCUT2D eigenvalue weighted by atomic mass is 10.2. The van der Waals surface area contributed by atoms with Crippen LogP contribution in [0.1, 0.15) is 16.1 Å². The highest BCUT2D eigenvalue weighted by Gasteiger charge is 2.15. The maximum Gasteiger partial charge on any atom is 0.356 e. The molecule has 3 aromatic heterocycles. The van der Waals surface area contributed by atoms with Crippen LogP contribution in [0.4, 0.5) is 0 Å². The predicted molar refractivity (Wildman–Crippen MR) is 65.8 cm³/mol. The van der Waals surface area contributed by atoms with Crippen LogP contribution in [0.25, 0.3) is 16.2 Å². The van der Waals surface area contributed by atoms with E-state index in [1.54, 1.807) is 6.20 Å². The maximum absolute atomic E-state index is 11.1. The average Bonchev–Trinajstić information content (AvgIpc) is 2.97. The first-order valence-corrected chi connectivity index (χ1v) is 5.94. The van der Waals surface area contributed by atoms with Crippen molar-refractivity contribution in [3.63, 3.8) is 0 Å². The molecule has 0 aliphatic rings. The van der Waals surface area contributed by atoms with Crippen molar-refractivity contribution in [2.45, 2.75) is 6.92 Å². The molecule has 0 atom stereocenters. The average molecular weight is 260 g/mol. The second-order valence-corrected chi connectivity index (χ2v) is 4.61. The van der Waals surface area contributed by atoms with Crippen LogP contribution >= 0.6 is 11.5 Å². The van der Waals surface area contributed by atoms with E-state index < -0.39 is 5.97 Å². The first kappa shape index (κ1) is 10.8. The Labute approximate surface area is 106 Å². The van der Waals surface area contributed by atoms with Crippen molar-refractivity contribution in [2.24, 2.45) is 0 Å². The summed E-state index contributed by atoms with van der Waals surface area (Å²) in [6.45, 7) is 1.88. The summed E-state index contributed by atoms with van der Waals surface area (Å²) in [5, 5.41) is 13.4. The number of aryl methyl sites for hydroxylation is 1. The highest BCUT2D eigenvalue weighted by atomic mass is 32.1. The van der Waals surface area contributed by atoms with E-state index in [1.165, 1.54) is 22.2 Å². The molecular weight excluding hydrogens is 252 g/mol. The van der Waals surface area contributed by atoms with Crippen molar-refractivity contribution in [1.82, 2.24) is 19.0 Å². The molecular formula is C11H8N4O2S. The Morgan fingerprint density at radius 1 is 1.50 bits per heavy atom. The largest absolute Gasteiger partial charge is 0.476 e. The Bertz CT molecular complexity index is 733. The summed E-state index contributed by atoms with van der Waals surface area (Å²) in [6, 6.07) is 3.72. The molecule has 0 aromatic carbocycles. The number of carbonyl (C=O) groups is 1. The number of rotatable bonds is 2. The van der Waals surface area contributed by atoms with Gasteiger partial charge in [-0.1, -0.05) is 0 Å². The third kappa shape index (κ3) is 1.56. The maximum atomic E-state index is 11.1. The first-order valence-electron chi connectivity index (χ1n) is 5.16. The Morgan fingerprint density at radius 2 is 2.33 bits per heavy atom. The number of fused-ring (bicyclic) bond motifs is 1. The minimum atomic E-state index is -1.05. The molecule has 6 nitrogen and oxygen atoms in total. The molecule has 18 heavy (non-hydrogen) atoms. The number of aromatic carboxylic acids is 1. The van der Waals surface area contributed by atoms with Gasteiger partial charge in [0.05, 0.1) is 11.1 Å². The van der Waals surface area contributed by atoms with Crippen LogP contribution in [0.3, 0.4) is 0 Å². The molecule has 7 heteroatoms. The molecule has 0 aliphatic heterocycles. The van der Waals surface area contributed by atoms with Crippen molar-refractivity contribution in [2.75, 3.05) is 0 Å². The molecule has 0 saturated carbocycles. The van der Waals surface area contributed by atoms with Crippen LogP contribution in [0, 0.1) is 6.92 Å². The molecule has 0 saturated heterocycles. The molecule has 0 bridgehead atoms. The second-order valence-electron chi connectivity index (χ2n) is 3.77. The number of hydrogen-bond acceptors (Lipinski definition) is 5. The van der Waals surface area contributed by atoms with Crippen LogP contribution in [0.2, 0.25) is 0 Å². The van der Waals surface area contributed by atoms with E-state index in [-0.39, 0.29) is 5.69 Å². The molecule has 1 N–H and O–H groups in total. The van der Waals surface area contributed by atoms with Gasteiger partial charge >= 0.3 is 5.97 Å². The fourth-order valence-electron chi connectivity index (χ4n) is 1.74. The number of carboxylic acid groups (broad SMARTS) is 1. The molecule has 0 spiro atoms.